The first-order chi connectivity index (χ1) is 19.3. The van der Waals surface area contributed by atoms with E-state index < -0.39 is 5.92 Å². The predicted molar refractivity (Wildman–Crippen MR) is 147 cm³/mol. The number of rotatable bonds is 6. The number of carbonyl (C=O) groups excluding carboxylic acids is 1. The Balaban J connectivity index is 1.08. The smallest absolute Gasteiger partial charge is 0.257 e. The summed E-state index contributed by atoms with van der Waals surface area (Å²) in [5.74, 6) is -2.78. The van der Waals surface area contributed by atoms with E-state index in [2.05, 4.69) is 31.6 Å². The molecule has 1 unspecified atom stereocenters. The van der Waals surface area contributed by atoms with E-state index in [9.17, 15) is 13.6 Å². The predicted octanol–water partition coefficient (Wildman–Crippen LogP) is 5.16. The van der Waals surface area contributed by atoms with Gasteiger partial charge in [0.2, 0.25) is 0 Å². The van der Waals surface area contributed by atoms with E-state index in [1.165, 1.54) is 11.3 Å². The van der Waals surface area contributed by atoms with Gasteiger partial charge in [0, 0.05) is 48.0 Å². The van der Waals surface area contributed by atoms with Crippen molar-refractivity contribution in [3.8, 4) is 17.3 Å². The highest BCUT2D eigenvalue weighted by atomic mass is 32.1. The third-order valence-corrected chi connectivity index (χ3v) is 8.60. The van der Waals surface area contributed by atoms with Gasteiger partial charge in [-0.3, -0.25) is 15.0 Å². The summed E-state index contributed by atoms with van der Waals surface area (Å²) in [6, 6.07) is 16.9. The van der Waals surface area contributed by atoms with Crippen LogP contribution in [0, 0.1) is 11.3 Å². The number of likely N-dealkylation sites (tertiary alicyclic amines) is 1. The topological polar surface area (TPSA) is 99.7 Å². The normalized spacial score (nSPS) is 18.6. The summed E-state index contributed by atoms with van der Waals surface area (Å²) in [6.45, 7) is 1.30. The second-order valence-electron chi connectivity index (χ2n) is 10.3. The first-order valence-electron chi connectivity index (χ1n) is 13.3. The number of alkyl halides is 2. The van der Waals surface area contributed by atoms with Gasteiger partial charge in [-0.2, -0.15) is 5.26 Å². The van der Waals surface area contributed by atoms with Crippen LogP contribution < -0.4 is 5.32 Å². The van der Waals surface area contributed by atoms with Crippen molar-refractivity contribution in [2.24, 2.45) is 0 Å². The molecular formula is C29H27F2N7OS. The minimum Gasteiger partial charge on any atom is -0.300 e. The van der Waals surface area contributed by atoms with Gasteiger partial charge < -0.3 is 0 Å². The summed E-state index contributed by atoms with van der Waals surface area (Å²) >= 11 is 1.48. The van der Waals surface area contributed by atoms with Gasteiger partial charge in [-0.1, -0.05) is 29.5 Å². The monoisotopic (exact) mass is 559 g/mol. The molecular weight excluding hydrogens is 532 g/mol. The Morgan fingerprint density at radius 1 is 1.18 bits per heavy atom. The van der Waals surface area contributed by atoms with Gasteiger partial charge in [-0.15, -0.1) is 16.4 Å². The fourth-order valence-corrected chi connectivity index (χ4v) is 6.40. The quantitative estimate of drug-likeness (QED) is 0.350. The van der Waals surface area contributed by atoms with Gasteiger partial charge in [-0.05, 0) is 49.1 Å². The molecule has 1 amide bonds. The van der Waals surface area contributed by atoms with Crippen molar-refractivity contribution < 1.29 is 13.6 Å². The largest absolute Gasteiger partial charge is 0.300 e. The van der Waals surface area contributed by atoms with Gasteiger partial charge in [0.1, 0.15) is 5.69 Å². The number of piperidine rings is 1. The maximum Gasteiger partial charge on any atom is 0.257 e. The number of fused-ring (bicyclic) bond motifs is 1. The molecule has 1 aliphatic heterocycles. The number of nitriles is 1. The molecule has 204 valence electrons. The van der Waals surface area contributed by atoms with Crippen LogP contribution in [0.5, 0.6) is 0 Å². The Morgan fingerprint density at radius 2 is 1.98 bits per heavy atom. The summed E-state index contributed by atoms with van der Waals surface area (Å²) < 4.78 is 28.9. The highest BCUT2D eigenvalue weighted by Crippen LogP contribution is 2.35. The van der Waals surface area contributed by atoms with Gasteiger partial charge >= 0.3 is 0 Å². The Labute approximate surface area is 234 Å². The molecule has 8 nitrogen and oxygen atoms in total. The van der Waals surface area contributed by atoms with Crippen LogP contribution in [0.4, 0.5) is 13.9 Å². The van der Waals surface area contributed by atoms with Crippen LogP contribution in [-0.2, 0) is 19.4 Å². The van der Waals surface area contributed by atoms with Crippen LogP contribution in [-0.4, -0.2) is 55.8 Å². The third-order valence-electron chi connectivity index (χ3n) is 7.56. The fourth-order valence-electron chi connectivity index (χ4n) is 5.33. The average Bonchev–Trinajstić information content (AvgIpc) is 3.59. The van der Waals surface area contributed by atoms with Crippen LogP contribution in [0.3, 0.4) is 0 Å². The van der Waals surface area contributed by atoms with Crippen LogP contribution in [0.25, 0.3) is 11.3 Å². The molecule has 4 aromatic rings. The molecule has 6 rings (SSSR count). The van der Waals surface area contributed by atoms with Crippen molar-refractivity contribution in [2.45, 2.75) is 50.6 Å². The third kappa shape index (κ3) is 5.78. The second kappa shape index (κ2) is 10.9. The lowest BCUT2D eigenvalue weighted by molar-refractivity contribution is -0.0638. The Morgan fingerprint density at radius 3 is 2.75 bits per heavy atom. The Hall–Kier alpha value is -4.01. The maximum absolute atomic E-state index is 13.6. The molecule has 0 bridgehead atoms. The summed E-state index contributed by atoms with van der Waals surface area (Å²) in [6.07, 6.45) is 4.15. The van der Waals surface area contributed by atoms with Gasteiger partial charge in [0.15, 0.2) is 5.13 Å². The van der Waals surface area contributed by atoms with Crippen LogP contribution in [0.1, 0.15) is 51.3 Å². The lowest BCUT2D eigenvalue weighted by atomic mass is 9.94. The molecule has 11 heteroatoms. The Bertz CT molecular complexity index is 1560. The highest BCUT2D eigenvalue weighted by Gasteiger charge is 2.37. The number of aryl methyl sites for hydroxylation is 1. The Kier molecular flexibility index (Phi) is 7.12. The molecule has 40 heavy (non-hydrogen) atoms. The van der Waals surface area contributed by atoms with Crippen LogP contribution in [0.2, 0.25) is 0 Å². The van der Waals surface area contributed by atoms with Crippen molar-refractivity contribution in [3.05, 3.63) is 82.0 Å². The zero-order valence-electron chi connectivity index (χ0n) is 21.7. The molecule has 1 aliphatic carbocycles. The first kappa shape index (κ1) is 26.2. The average molecular weight is 560 g/mol. The van der Waals surface area contributed by atoms with Crippen LogP contribution in [0.15, 0.2) is 54.7 Å². The molecule has 1 saturated heterocycles. The number of thiazole rings is 1. The van der Waals surface area contributed by atoms with E-state index >= 15 is 0 Å². The summed E-state index contributed by atoms with van der Waals surface area (Å²) in [5, 5.41) is 20.9. The zero-order valence-corrected chi connectivity index (χ0v) is 22.5. The number of anilines is 1. The van der Waals surface area contributed by atoms with Crippen molar-refractivity contribution in [1.29, 1.82) is 5.26 Å². The minimum atomic E-state index is -2.54. The van der Waals surface area contributed by atoms with E-state index in [1.807, 2.05) is 36.5 Å². The molecule has 0 spiro atoms. The minimum absolute atomic E-state index is 0.0748. The molecule has 1 fully saturated rings. The van der Waals surface area contributed by atoms with Crippen molar-refractivity contribution >= 4 is 22.4 Å². The molecule has 3 heterocycles. The van der Waals surface area contributed by atoms with Crippen molar-refractivity contribution in [1.82, 2.24) is 24.9 Å². The standard InChI is InChI=1S/C29H27F2N7OS/c30-29(31)10-12-37(13-11-29)23-8-9-24-26(15-23)40-28(33-24)34-27(39)22-3-1-2-20(14-22)17-38-18-25(35-36-38)21-6-4-19(16-32)5-7-21/h1-7,14,18,23H,8-13,15,17H2,(H,33,34,39). The number of amides is 1. The molecule has 0 saturated carbocycles. The summed E-state index contributed by atoms with van der Waals surface area (Å²) in [5.41, 5.74) is 4.57. The SMILES string of the molecule is N#Cc1ccc(-c2cn(Cc3cccc(C(=O)Nc4nc5c(s4)CC(N4CCC(F)(F)CC4)CC5)c3)nn2)cc1. The molecule has 0 radical (unpaired) electrons. The van der Waals surface area contributed by atoms with E-state index in [0.717, 1.165) is 41.0 Å². The summed E-state index contributed by atoms with van der Waals surface area (Å²) in [7, 11) is 0. The molecule has 2 aromatic carbocycles. The molecule has 1 N–H and O–H groups in total. The lowest BCUT2D eigenvalue weighted by Crippen LogP contribution is -2.46. The van der Waals surface area contributed by atoms with Gasteiger partial charge in [-0.25, -0.2) is 18.4 Å². The molecule has 1 atom stereocenters. The van der Waals surface area contributed by atoms with Crippen LogP contribution >= 0.6 is 11.3 Å². The van der Waals surface area contributed by atoms with Crippen molar-refractivity contribution in [3.63, 3.8) is 0 Å². The van der Waals surface area contributed by atoms with E-state index in [-0.39, 0.29) is 24.8 Å². The van der Waals surface area contributed by atoms with E-state index in [0.29, 0.717) is 41.6 Å². The number of carbonyl (C=O) groups is 1. The summed E-state index contributed by atoms with van der Waals surface area (Å²) in [4.78, 5) is 21.0. The maximum atomic E-state index is 13.6. The molecule has 2 aliphatic rings. The number of nitrogens with one attached hydrogen (secondary N) is 1. The van der Waals surface area contributed by atoms with E-state index in [4.69, 9.17) is 5.26 Å². The fraction of sp³-hybridized carbons (Fsp3) is 0.345. The zero-order chi connectivity index (χ0) is 27.7. The lowest BCUT2D eigenvalue weighted by Gasteiger charge is -2.38. The number of nitrogens with zero attached hydrogens (tertiary/aromatic N) is 6. The number of benzene rings is 2. The van der Waals surface area contributed by atoms with Crippen molar-refractivity contribution in [2.75, 3.05) is 18.4 Å². The number of aromatic nitrogens is 4. The first-order valence-corrected chi connectivity index (χ1v) is 14.1. The molecule has 2 aromatic heterocycles. The number of halogens is 2. The highest BCUT2D eigenvalue weighted by molar-refractivity contribution is 7.15. The van der Waals surface area contributed by atoms with E-state index in [1.54, 1.807) is 22.9 Å². The number of hydrogen-bond donors (Lipinski definition) is 1. The van der Waals surface area contributed by atoms with Gasteiger partial charge in [0.25, 0.3) is 11.8 Å². The van der Waals surface area contributed by atoms with Gasteiger partial charge in [0.05, 0.1) is 30.1 Å². The number of hydrogen-bond acceptors (Lipinski definition) is 7. The second-order valence-corrected chi connectivity index (χ2v) is 11.4.